The van der Waals surface area contributed by atoms with Crippen LogP contribution < -0.4 is 139 Å². The van der Waals surface area contributed by atoms with E-state index in [-0.39, 0.29) is 158 Å². The van der Waals surface area contributed by atoms with E-state index in [0.717, 1.165) is 51.9 Å². The fourth-order valence-electron chi connectivity index (χ4n) is 7.51. The minimum Gasteiger partial charge on any atom is -0.744 e. The first kappa shape index (κ1) is 52.5. The van der Waals surface area contributed by atoms with Gasteiger partial charge in [-0.05, 0) is 60.5 Å². The molecule has 0 unspecified atom stereocenters. The Balaban J connectivity index is 0.00000193. The maximum Gasteiger partial charge on any atom is 1.00 e. The number of hydrogen-bond acceptors (Lipinski definition) is 11. The van der Waals surface area contributed by atoms with Gasteiger partial charge in [-0.25, -0.2) is 16.8 Å². The number of benzene rings is 7. The van der Waals surface area contributed by atoms with Crippen molar-refractivity contribution < 1.29 is 154 Å². The number of rotatable bonds is 11. The molecule has 9 rings (SSSR count). The standard InChI is InChI=1S/C46H31NO10S3.4Na/c1-2-3-23-47-45(48)34-25-38(56-36-15-9-7-13-31(36)27-11-5-4-6-12-27)42-32-14-8-10-16-40(32)58-44-39(26-35(46(47)49)41(34)43(42)44)57-37-22-21-30(60(53,54)55)24-33(37)28-17-19-29(20-18-28)59(50,51)52;;;;/h5-6,8-22,24-26H,2-3,23H2,1H3,(H,50,51,52)(H,53,54,55);;;;/q-2;4*+1/p-2. The van der Waals surface area contributed by atoms with Crippen molar-refractivity contribution in [2.24, 2.45) is 0 Å². The molecule has 0 atom stereocenters. The monoisotopic (exact) mass is 943 g/mol. The van der Waals surface area contributed by atoms with Crippen LogP contribution in [0.25, 0.3) is 64.0 Å². The van der Waals surface area contributed by atoms with Gasteiger partial charge in [-0.3, -0.25) is 14.2 Å². The third-order valence-electron chi connectivity index (χ3n) is 10.3. The van der Waals surface area contributed by atoms with Crippen molar-refractivity contribution in [3.63, 3.8) is 0 Å². The summed E-state index contributed by atoms with van der Waals surface area (Å²) in [5, 5.41) is 2.80. The van der Waals surface area contributed by atoms with Gasteiger partial charge in [-0.1, -0.05) is 43.7 Å². The van der Waals surface area contributed by atoms with Crippen LogP contribution in [0.15, 0.2) is 141 Å². The van der Waals surface area contributed by atoms with Crippen LogP contribution in [0.5, 0.6) is 23.0 Å². The van der Waals surface area contributed by atoms with Crippen LogP contribution in [0, 0.1) is 12.1 Å². The molecule has 2 aromatic heterocycles. The van der Waals surface area contributed by atoms with E-state index in [1.807, 2.05) is 49.4 Å². The number of pyridine rings is 1. The molecule has 0 radical (unpaired) electrons. The predicted octanol–water partition coefficient (Wildman–Crippen LogP) is -2.54. The summed E-state index contributed by atoms with van der Waals surface area (Å²) in [5.74, 6) is 1.06. The van der Waals surface area contributed by atoms with Crippen molar-refractivity contribution in [1.29, 1.82) is 0 Å². The van der Waals surface area contributed by atoms with E-state index in [9.17, 15) is 35.5 Å². The molecular formula is C46H29NNa4O10S3. The Bertz CT molecular complexity index is 3530. The molecule has 0 aliphatic heterocycles. The fourth-order valence-corrected chi connectivity index (χ4v) is 9.63. The van der Waals surface area contributed by atoms with Gasteiger partial charge in [0.1, 0.15) is 37.5 Å². The van der Waals surface area contributed by atoms with Crippen molar-refractivity contribution >= 4 is 73.3 Å². The minimum atomic E-state index is -4.97. The van der Waals surface area contributed by atoms with E-state index >= 15 is 0 Å². The molecule has 0 N–H and O–H groups in total. The van der Waals surface area contributed by atoms with Crippen LogP contribution >= 0.6 is 11.3 Å². The average molecular weight is 944 g/mol. The van der Waals surface area contributed by atoms with Gasteiger partial charge >= 0.3 is 118 Å². The summed E-state index contributed by atoms with van der Waals surface area (Å²) in [7, 11) is -9.78. The van der Waals surface area contributed by atoms with Gasteiger partial charge in [-0.2, -0.15) is 54.1 Å². The molecule has 0 fully saturated rings. The van der Waals surface area contributed by atoms with Crippen molar-refractivity contribution in [2.45, 2.75) is 36.1 Å². The third kappa shape index (κ3) is 10.1. The summed E-state index contributed by atoms with van der Waals surface area (Å²) in [6.45, 7) is 2.12. The normalized spacial score (nSPS) is 11.4. The molecule has 0 aliphatic rings. The van der Waals surface area contributed by atoms with Crippen LogP contribution in [0.3, 0.4) is 0 Å². The molecule has 0 bridgehead atoms. The molecule has 0 saturated heterocycles. The molecule has 0 spiro atoms. The van der Waals surface area contributed by atoms with E-state index < -0.39 is 41.1 Å². The van der Waals surface area contributed by atoms with Crippen LogP contribution in [0.4, 0.5) is 0 Å². The van der Waals surface area contributed by atoms with Gasteiger partial charge in [0.25, 0.3) is 11.1 Å². The molecule has 0 amide bonds. The Morgan fingerprint density at radius 3 is 1.83 bits per heavy atom. The van der Waals surface area contributed by atoms with Gasteiger partial charge in [-0.15, -0.1) is 23.0 Å². The molecule has 0 saturated carbocycles. The number of fused-ring (bicyclic) bond motifs is 2. The van der Waals surface area contributed by atoms with Gasteiger partial charge in [0.05, 0.1) is 25.3 Å². The van der Waals surface area contributed by atoms with E-state index in [0.29, 0.717) is 38.8 Å². The minimum absolute atomic E-state index is 0. The second kappa shape index (κ2) is 21.3. The predicted molar refractivity (Wildman–Crippen MR) is 228 cm³/mol. The molecule has 300 valence electrons. The number of ether oxygens (including phenoxy) is 2. The molecule has 64 heavy (non-hydrogen) atoms. The summed E-state index contributed by atoms with van der Waals surface area (Å²) >= 11 is 1.35. The Morgan fingerprint density at radius 2 is 1.17 bits per heavy atom. The Hall–Kier alpha value is -2.42. The Kier molecular flexibility index (Phi) is 17.5. The van der Waals surface area contributed by atoms with Crippen LogP contribution in [-0.4, -0.2) is 30.5 Å². The molecule has 2 heterocycles. The second-order valence-electron chi connectivity index (χ2n) is 14.0. The maximum absolute atomic E-state index is 14.5. The summed E-state index contributed by atoms with van der Waals surface area (Å²) in [4.78, 5) is 27.8. The first-order valence-corrected chi connectivity index (χ1v) is 22.2. The summed E-state index contributed by atoms with van der Waals surface area (Å²) in [6, 6.07) is 38.0. The van der Waals surface area contributed by atoms with Crippen LogP contribution in [0.1, 0.15) is 19.8 Å². The zero-order chi connectivity index (χ0) is 41.9. The quantitative estimate of drug-likeness (QED) is 0.0443. The fraction of sp³-hybridized carbons (Fsp3) is 0.0870. The van der Waals surface area contributed by atoms with Crippen LogP contribution in [-0.2, 0) is 26.8 Å². The smallest absolute Gasteiger partial charge is 0.744 e. The second-order valence-corrected chi connectivity index (χ2v) is 17.8. The third-order valence-corrected chi connectivity index (χ3v) is 13.2. The van der Waals surface area contributed by atoms with Crippen molar-refractivity contribution in [3.8, 4) is 45.3 Å². The van der Waals surface area contributed by atoms with Gasteiger partial charge in [0, 0.05) is 44.1 Å². The van der Waals surface area contributed by atoms with E-state index in [2.05, 4.69) is 12.1 Å². The van der Waals surface area contributed by atoms with E-state index in [4.69, 9.17) is 9.47 Å². The average Bonchev–Trinajstić information content (AvgIpc) is 3.24. The largest absolute Gasteiger partial charge is 1.00 e. The molecule has 11 nitrogen and oxygen atoms in total. The SMILES string of the molecule is CCCCn1c(=O)c2cc(Oc3ccc(S(=O)(=O)[O-])cc3-c3ccc(S(=O)(=O)[O-])cc3)c3sc4ccccc4c4c(Oc5cc[c-]cc5-c5cc[c-]cc5)cc(c1=O)c2c34.[Na+].[Na+].[Na+].[Na+]. The number of unbranched alkanes of at least 4 members (excludes halogenated alkanes) is 1. The molecular weight excluding hydrogens is 915 g/mol. The zero-order valence-corrected chi connectivity index (χ0v) is 45.9. The maximum atomic E-state index is 14.5. The van der Waals surface area contributed by atoms with Gasteiger partial charge in [0.15, 0.2) is 0 Å². The van der Waals surface area contributed by atoms with Gasteiger partial charge < -0.3 is 18.6 Å². The summed E-state index contributed by atoms with van der Waals surface area (Å²) in [6.07, 6.45) is 1.28. The first-order chi connectivity index (χ1) is 28.8. The van der Waals surface area contributed by atoms with Crippen molar-refractivity contribution in [1.82, 2.24) is 4.57 Å². The Labute approximate surface area is 460 Å². The van der Waals surface area contributed by atoms with E-state index in [1.165, 1.54) is 34.1 Å². The van der Waals surface area contributed by atoms with Crippen molar-refractivity contribution in [3.05, 3.63) is 154 Å². The van der Waals surface area contributed by atoms with Gasteiger partial charge in [0.2, 0.25) is 0 Å². The summed E-state index contributed by atoms with van der Waals surface area (Å²) in [5.41, 5.74) is 0.919. The number of nitrogens with zero attached hydrogens (tertiary/aromatic N) is 1. The molecule has 9 aromatic rings. The summed E-state index contributed by atoms with van der Waals surface area (Å²) < 4.78 is 88.0. The molecule has 18 heteroatoms. The first-order valence-electron chi connectivity index (χ1n) is 18.6. The molecule has 7 aromatic carbocycles. The Morgan fingerprint density at radius 1 is 0.594 bits per heavy atom. The number of aromatic nitrogens is 1. The molecule has 0 aliphatic carbocycles. The zero-order valence-electron chi connectivity index (χ0n) is 35.4. The number of hydrogen-bond donors (Lipinski definition) is 0. The van der Waals surface area contributed by atoms with Crippen LogP contribution in [0.2, 0.25) is 0 Å². The van der Waals surface area contributed by atoms with E-state index in [1.54, 1.807) is 36.4 Å². The topological polar surface area (TPSA) is 172 Å². The van der Waals surface area contributed by atoms with Crippen molar-refractivity contribution in [2.75, 3.05) is 0 Å².